The number of hydrogen-bond donors (Lipinski definition) is 3. The molecule has 0 radical (unpaired) electrons. The predicted molar refractivity (Wildman–Crippen MR) is 80.7 cm³/mol. The van der Waals surface area contributed by atoms with Gasteiger partial charge in [-0.25, -0.2) is 4.79 Å². The first-order valence-electron chi connectivity index (χ1n) is 6.10. The molecule has 21 heavy (non-hydrogen) atoms. The number of thiophene rings is 1. The summed E-state index contributed by atoms with van der Waals surface area (Å²) in [5, 5.41) is 3.34. The second-order valence-corrected chi connectivity index (χ2v) is 5.15. The van der Waals surface area contributed by atoms with Gasteiger partial charge < -0.3 is 26.3 Å². The molecule has 0 aliphatic carbocycles. The molecule has 0 aliphatic heterocycles. The predicted octanol–water partition coefficient (Wildman–Crippen LogP) is 1.32. The molecule has 2 aromatic rings. The maximum absolute atomic E-state index is 12.1. The molecule has 1 aromatic heterocycles. The van der Waals surface area contributed by atoms with Crippen LogP contribution in [0.15, 0.2) is 18.2 Å². The van der Waals surface area contributed by atoms with Gasteiger partial charge in [0.15, 0.2) is 0 Å². The fraction of sp³-hybridized carbons (Fsp3) is 0.231. The van der Waals surface area contributed by atoms with Crippen LogP contribution in [0.2, 0.25) is 0 Å². The number of primary amides is 1. The van der Waals surface area contributed by atoms with Crippen LogP contribution >= 0.6 is 11.3 Å². The summed E-state index contributed by atoms with van der Waals surface area (Å²) < 4.78 is 10.6. The lowest BCUT2D eigenvalue weighted by atomic mass is 10.2. The minimum absolute atomic E-state index is 0.00912. The average molecular weight is 309 g/mol. The molecule has 0 fully saturated rings. The summed E-state index contributed by atoms with van der Waals surface area (Å²) in [5.41, 5.74) is 11.2. The van der Waals surface area contributed by atoms with Gasteiger partial charge in [0.05, 0.1) is 24.7 Å². The van der Waals surface area contributed by atoms with Crippen molar-refractivity contribution in [2.75, 3.05) is 26.0 Å². The van der Waals surface area contributed by atoms with Crippen molar-refractivity contribution in [1.29, 1.82) is 0 Å². The van der Waals surface area contributed by atoms with Gasteiger partial charge in [-0.1, -0.05) is 6.07 Å². The molecule has 8 heteroatoms. The number of carbonyl (C=O) groups excluding carboxylic acids is 2. The first-order valence-corrected chi connectivity index (χ1v) is 6.91. The van der Waals surface area contributed by atoms with Crippen LogP contribution in [-0.4, -0.2) is 32.3 Å². The van der Waals surface area contributed by atoms with E-state index in [0.717, 1.165) is 10.1 Å². The molecule has 112 valence electrons. The van der Waals surface area contributed by atoms with Crippen LogP contribution in [0.5, 0.6) is 5.75 Å². The van der Waals surface area contributed by atoms with E-state index < -0.39 is 6.09 Å². The molecular weight excluding hydrogens is 294 g/mol. The van der Waals surface area contributed by atoms with Gasteiger partial charge in [0.2, 0.25) is 0 Å². The zero-order chi connectivity index (χ0) is 15.4. The van der Waals surface area contributed by atoms with Crippen molar-refractivity contribution < 1.29 is 19.1 Å². The van der Waals surface area contributed by atoms with Gasteiger partial charge in [-0.2, -0.15) is 0 Å². The number of fused-ring (bicyclic) bond motifs is 1. The lowest BCUT2D eigenvalue weighted by molar-refractivity contribution is 0.0941. The van der Waals surface area contributed by atoms with Crippen molar-refractivity contribution in [3.63, 3.8) is 0 Å². The monoisotopic (exact) mass is 309 g/mol. The van der Waals surface area contributed by atoms with Crippen LogP contribution in [0, 0.1) is 0 Å². The van der Waals surface area contributed by atoms with Gasteiger partial charge >= 0.3 is 6.09 Å². The number of nitrogens with two attached hydrogens (primary N) is 2. The van der Waals surface area contributed by atoms with E-state index >= 15 is 0 Å². The van der Waals surface area contributed by atoms with Crippen molar-refractivity contribution in [2.45, 2.75) is 0 Å². The van der Waals surface area contributed by atoms with Crippen molar-refractivity contribution in [2.24, 2.45) is 5.73 Å². The fourth-order valence-electron chi connectivity index (χ4n) is 1.88. The van der Waals surface area contributed by atoms with E-state index in [4.69, 9.17) is 16.2 Å². The molecule has 0 saturated carbocycles. The van der Waals surface area contributed by atoms with Crippen molar-refractivity contribution >= 4 is 39.1 Å². The highest BCUT2D eigenvalue weighted by Gasteiger charge is 2.18. The zero-order valence-electron chi connectivity index (χ0n) is 11.3. The highest BCUT2D eigenvalue weighted by atomic mass is 32.1. The number of benzene rings is 1. The molecule has 7 nitrogen and oxygen atoms in total. The van der Waals surface area contributed by atoms with Gasteiger partial charge in [0, 0.05) is 4.70 Å². The smallest absolute Gasteiger partial charge is 0.404 e. The number of rotatable bonds is 5. The standard InChI is InChI=1S/C13H15N3O4S/c1-19-7-3-2-4-8-9(7)10(14)11(21-8)12(17)16-5-6-20-13(15)18/h2-4H,5-6,14H2,1H3,(H2,15,18)(H,16,17). The molecule has 5 N–H and O–H groups in total. The highest BCUT2D eigenvalue weighted by molar-refractivity contribution is 7.21. The molecule has 0 unspecified atom stereocenters. The zero-order valence-corrected chi connectivity index (χ0v) is 12.2. The fourth-order valence-corrected chi connectivity index (χ4v) is 2.93. The van der Waals surface area contributed by atoms with Crippen LogP contribution in [0.1, 0.15) is 9.67 Å². The molecule has 2 amide bonds. The molecular formula is C13H15N3O4S. The largest absolute Gasteiger partial charge is 0.496 e. The highest BCUT2D eigenvalue weighted by Crippen LogP contribution is 2.39. The summed E-state index contributed by atoms with van der Waals surface area (Å²) in [5.74, 6) is 0.293. The number of anilines is 1. The molecule has 0 aliphatic rings. The van der Waals surface area contributed by atoms with E-state index in [1.165, 1.54) is 11.3 Å². The number of methoxy groups -OCH3 is 1. The molecule has 0 spiro atoms. The maximum Gasteiger partial charge on any atom is 0.404 e. The van der Waals surface area contributed by atoms with Gasteiger partial charge in [-0.3, -0.25) is 4.79 Å². The van der Waals surface area contributed by atoms with Crippen LogP contribution in [0.4, 0.5) is 10.5 Å². The number of amides is 2. The van der Waals surface area contributed by atoms with E-state index in [0.29, 0.717) is 16.3 Å². The number of carbonyl (C=O) groups is 2. The topological polar surface area (TPSA) is 117 Å². The Kier molecular flexibility index (Phi) is 4.49. The molecule has 2 rings (SSSR count). The Morgan fingerprint density at radius 2 is 2.14 bits per heavy atom. The molecule has 0 bridgehead atoms. The van der Waals surface area contributed by atoms with E-state index in [1.807, 2.05) is 12.1 Å². The second-order valence-electron chi connectivity index (χ2n) is 4.10. The first kappa shape index (κ1) is 14.9. The summed E-state index contributed by atoms with van der Waals surface area (Å²) in [4.78, 5) is 22.9. The van der Waals surface area contributed by atoms with Gasteiger partial charge in [-0.05, 0) is 12.1 Å². The minimum atomic E-state index is -0.879. The van der Waals surface area contributed by atoms with Gasteiger partial charge in [0.1, 0.15) is 17.2 Å². The molecule has 0 saturated heterocycles. The Morgan fingerprint density at radius 3 is 2.81 bits per heavy atom. The molecule has 1 heterocycles. The third-order valence-electron chi connectivity index (χ3n) is 2.77. The van der Waals surface area contributed by atoms with Crippen molar-refractivity contribution in [1.82, 2.24) is 5.32 Å². The number of hydrogen-bond acceptors (Lipinski definition) is 6. The first-order chi connectivity index (χ1) is 10.0. The van der Waals surface area contributed by atoms with Crippen LogP contribution in [0.3, 0.4) is 0 Å². The lowest BCUT2D eigenvalue weighted by Crippen LogP contribution is -2.28. The minimum Gasteiger partial charge on any atom is -0.496 e. The Morgan fingerprint density at radius 1 is 1.38 bits per heavy atom. The third kappa shape index (κ3) is 3.16. The Bertz CT molecular complexity index is 683. The van der Waals surface area contributed by atoms with Crippen LogP contribution in [-0.2, 0) is 4.74 Å². The Balaban J connectivity index is 2.16. The number of nitrogen functional groups attached to an aromatic ring is 1. The Hall–Kier alpha value is -2.48. The lowest BCUT2D eigenvalue weighted by Gasteiger charge is -2.05. The summed E-state index contributed by atoms with van der Waals surface area (Å²) in [6.45, 7) is 0.168. The average Bonchev–Trinajstić information content (AvgIpc) is 2.80. The molecule has 0 atom stereocenters. The van der Waals surface area contributed by atoms with Gasteiger partial charge in [-0.15, -0.1) is 11.3 Å². The number of nitrogens with one attached hydrogen (secondary N) is 1. The normalized spacial score (nSPS) is 10.3. The van der Waals surface area contributed by atoms with Crippen molar-refractivity contribution in [3.8, 4) is 5.75 Å². The van der Waals surface area contributed by atoms with Crippen molar-refractivity contribution in [3.05, 3.63) is 23.1 Å². The summed E-state index contributed by atoms with van der Waals surface area (Å²) in [6, 6.07) is 5.49. The second kappa shape index (κ2) is 6.31. The summed E-state index contributed by atoms with van der Waals surface area (Å²) in [7, 11) is 1.55. The third-order valence-corrected chi connectivity index (χ3v) is 3.94. The number of ether oxygens (including phenoxy) is 2. The van der Waals surface area contributed by atoms with Crippen LogP contribution < -0.4 is 21.5 Å². The summed E-state index contributed by atoms with van der Waals surface area (Å²) >= 11 is 1.28. The van der Waals surface area contributed by atoms with E-state index in [1.54, 1.807) is 13.2 Å². The van der Waals surface area contributed by atoms with Gasteiger partial charge in [0.25, 0.3) is 5.91 Å². The maximum atomic E-state index is 12.1. The molecule has 1 aromatic carbocycles. The van der Waals surface area contributed by atoms with E-state index in [-0.39, 0.29) is 19.1 Å². The Labute approximate surface area is 124 Å². The van der Waals surface area contributed by atoms with E-state index in [2.05, 4.69) is 10.1 Å². The summed E-state index contributed by atoms with van der Waals surface area (Å²) in [6.07, 6.45) is -0.879. The van der Waals surface area contributed by atoms with Crippen LogP contribution in [0.25, 0.3) is 10.1 Å². The van der Waals surface area contributed by atoms with E-state index in [9.17, 15) is 9.59 Å². The quantitative estimate of drug-likeness (QED) is 0.720. The SMILES string of the molecule is COc1cccc2sc(C(=O)NCCOC(N)=O)c(N)c12.